The van der Waals surface area contributed by atoms with Gasteiger partial charge in [0.15, 0.2) is 0 Å². The lowest BCUT2D eigenvalue weighted by Gasteiger charge is -2.22. The Labute approximate surface area is 217 Å². The number of hydrogen-bond acceptors (Lipinski definition) is 8. The highest BCUT2D eigenvalue weighted by Gasteiger charge is 2.28. The van der Waals surface area contributed by atoms with Gasteiger partial charge in [-0.2, -0.15) is 0 Å². The molecule has 2 aromatic rings. The monoisotopic (exact) mass is 524 g/mol. The molecule has 0 fully saturated rings. The third-order valence-corrected chi connectivity index (χ3v) is 5.50. The summed E-state index contributed by atoms with van der Waals surface area (Å²) >= 11 is 0. The molecule has 1 aliphatic heterocycles. The summed E-state index contributed by atoms with van der Waals surface area (Å²) in [5.41, 5.74) is 8.15. The summed E-state index contributed by atoms with van der Waals surface area (Å²) in [6, 6.07) is 6.01. The van der Waals surface area contributed by atoms with E-state index >= 15 is 0 Å². The molecule has 2 aromatic heterocycles. The number of carbonyl (C=O) groups excluding carboxylic acids is 6. The van der Waals surface area contributed by atoms with Crippen molar-refractivity contribution >= 4 is 35.4 Å². The normalized spacial score (nSPS) is 19.5. The van der Waals surface area contributed by atoms with Crippen molar-refractivity contribution in [2.75, 3.05) is 0 Å². The highest BCUT2D eigenvalue weighted by atomic mass is 16.2. The SMILES string of the molecule is CC(C)[C@@H]1NC(=O)c2cccc(n2)C(=O)N[C@@H](C(C)C)C(=O)NNC(=O)c2cccc(n2)C(=O)NNC1=O. The molecule has 14 nitrogen and oxygen atoms in total. The van der Waals surface area contributed by atoms with Crippen LogP contribution in [0, 0.1) is 11.8 Å². The quantitative estimate of drug-likeness (QED) is 0.294. The second-order valence-corrected chi connectivity index (χ2v) is 9.09. The largest absolute Gasteiger partial charge is 0.339 e. The molecule has 4 bridgehead atoms. The number of rotatable bonds is 2. The first-order valence-electron chi connectivity index (χ1n) is 11.7. The zero-order chi connectivity index (χ0) is 28.0. The minimum Gasteiger partial charge on any atom is -0.339 e. The Morgan fingerprint density at radius 2 is 0.842 bits per heavy atom. The van der Waals surface area contributed by atoms with Crippen LogP contribution >= 0.6 is 0 Å². The van der Waals surface area contributed by atoms with E-state index in [1.165, 1.54) is 36.4 Å². The highest BCUT2D eigenvalue weighted by molar-refractivity contribution is 6.01. The Morgan fingerprint density at radius 1 is 0.526 bits per heavy atom. The molecule has 0 saturated carbocycles. The van der Waals surface area contributed by atoms with Crippen LogP contribution in [0.4, 0.5) is 0 Å². The first kappa shape index (κ1) is 27.7. The molecule has 200 valence electrons. The predicted octanol–water partition coefficient (Wildman–Crippen LogP) is -0.779. The van der Waals surface area contributed by atoms with Gasteiger partial charge in [0.05, 0.1) is 0 Å². The smallest absolute Gasteiger partial charge is 0.288 e. The van der Waals surface area contributed by atoms with E-state index in [0.29, 0.717) is 0 Å². The van der Waals surface area contributed by atoms with Crippen LogP contribution in [0.2, 0.25) is 0 Å². The van der Waals surface area contributed by atoms with Gasteiger partial charge in [-0.15, -0.1) is 0 Å². The van der Waals surface area contributed by atoms with E-state index in [1.54, 1.807) is 27.7 Å². The van der Waals surface area contributed by atoms with Gasteiger partial charge in [0.25, 0.3) is 35.4 Å². The van der Waals surface area contributed by atoms with Gasteiger partial charge in [-0.1, -0.05) is 39.8 Å². The predicted molar refractivity (Wildman–Crippen MR) is 132 cm³/mol. The number of hydrazine groups is 2. The zero-order valence-electron chi connectivity index (χ0n) is 21.1. The van der Waals surface area contributed by atoms with Gasteiger partial charge in [-0.3, -0.25) is 50.5 Å². The zero-order valence-corrected chi connectivity index (χ0v) is 21.1. The number of pyridine rings is 2. The molecule has 14 heteroatoms. The minimum absolute atomic E-state index is 0.145. The van der Waals surface area contributed by atoms with Crippen LogP contribution in [0.25, 0.3) is 0 Å². The number of amides is 6. The van der Waals surface area contributed by atoms with Crippen molar-refractivity contribution in [3.8, 4) is 0 Å². The fourth-order valence-corrected chi connectivity index (χ4v) is 3.40. The Hall–Kier alpha value is -4.88. The molecule has 0 radical (unpaired) electrons. The summed E-state index contributed by atoms with van der Waals surface area (Å²) in [5.74, 6) is -5.34. The van der Waals surface area contributed by atoms with Crippen molar-refractivity contribution in [1.82, 2.24) is 42.3 Å². The topological polar surface area (TPSA) is 200 Å². The molecular weight excluding hydrogens is 496 g/mol. The van der Waals surface area contributed by atoms with Crippen LogP contribution in [-0.2, 0) is 9.59 Å². The summed E-state index contributed by atoms with van der Waals surface area (Å²) in [7, 11) is 0. The lowest BCUT2D eigenvalue weighted by Crippen LogP contribution is -2.55. The van der Waals surface area contributed by atoms with E-state index in [0.717, 1.165) is 0 Å². The van der Waals surface area contributed by atoms with Crippen molar-refractivity contribution < 1.29 is 28.8 Å². The number of fused-ring (bicyclic) bond motifs is 4. The van der Waals surface area contributed by atoms with Crippen molar-refractivity contribution in [1.29, 1.82) is 0 Å². The molecular formula is C24H28N8O6. The molecule has 0 spiro atoms. The summed E-state index contributed by atoms with van der Waals surface area (Å²) in [5, 5.41) is 5.09. The molecule has 3 heterocycles. The van der Waals surface area contributed by atoms with E-state index in [1.807, 2.05) is 0 Å². The molecule has 0 unspecified atom stereocenters. The van der Waals surface area contributed by atoms with Gasteiger partial charge in [0.2, 0.25) is 0 Å². The molecule has 1 aliphatic rings. The molecule has 0 saturated heterocycles. The first-order valence-corrected chi connectivity index (χ1v) is 11.7. The third-order valence-electron chi connectivity index (χ3n) is 5.50. The Morgan fingerprint density at radius 3 is 1.16 bits per heavy atom. The average Bonchev–Trinajstić information content (AvgIpc) is 2.90. The number of carbonyl (C=O) groups is 6. The van der Waals surface area contributed by atoms with Gasteiger partial charge in [0.1, 0.15) is 34.9 Å². The maximum Gasteiger partial charge on any atom is 0.288 e. The lowest BCUT2D eigenvalue weighted by molar-refractivity contribution is -0.125. The van der Waals surface area contributed by atoms with Crippen LogP contribution < -0.4 is 32.3 Å². The van der Waals surface area contributed by atoms with Gasteiger partial charge < -0.3 is 10.6 Å². The highest BCUT2D eigenvalue weighted by Crippen LogP contribution is 2.08. The molecule has 3 rings (SSSR count). The minimum atomic E-state index is -1.08. The maximum absolute atomic E-state index is 12.9. The Balaban J connectivity index is 1.97. The van der Waals surface area contributed by atoms with E-state index < -0.39 is 59.4 Å². The summed E-state index contributed by atoms with van der Waals surface area (Å²) in [4.78, 5) is 84.4. The maximum atomic E-state index is 12.9. The summed E-state index contributed by atoms with van der Waals surface area (Å²) in [6.07, 6.45) is 0. The van der Waals surface area contributed by atoms with Crippen molar-refractivity contribution in [2.45, 2.75) is 39.8 Å². The van der Waals surface area contributed by atoms with E-state index in [2.05, 4.69) is 42.3 Å². The van der Waals surface area contributed by atoms with Crippen LogP contribution in [0.1, 0.15) is 69.6 Å². The van der Waals surface area contributed by atoms with Crippen LogP contribution in [0.15, 0.2) is 36.4 Å². The molecule has 6 N–H and O–H groups in total. The lowest BCUT2D eigenvalue weighted by atomic mass is 10.0. The van der Waals surface area contributed by atoms with Crippen LogP contribution in [0.5, 0.6) is 0 Å². The molecule has 2 atom stereocenters. The first-order chi connectivity index (χ1) is 18.0. The van der Waals surface area contributed by atoms with Crippen molar-refractivity contribution in [3.63, 3.8) is 0 Å². The molecule has 0 aliphatic carbocycles. The van der Waals surface area contributed by atoms with Crippen molar-refractivity contribution in [2.24, 2.45) is 11.8 Å². The van der Waals surface area contributed by atoms with Gasteiger partial charge in [0, 0.05) is 0 Å². The summed E-state index contributed by atoms with van der Waals surface area (Å²) in [6.45, 7) is 6.73. The second-order valence-electron chi connectivity index (χ2n) is 9.09. The van der Waals surface area contributed by atoms with E-state index in [-0.39, 0.29) is 22.8 Å². The standard InChI is InChI=1S/C24H28N8O6/c1-11(2)17-23(37)31-29-21(35)15-9-6-10-16(26-15)22(36)30-32-24(38)18(12(3)4)28-20(34)14-8-5-7-13(25-14)19(33)27-17/h5-12,17-18H,1-4H3,(H,27,33)(H,28,34)(H,29,35)(H,30,36)(H,31,37)(H,32,38)/t17-,18-/m0/s1. The van der Waals surface area contributed by atoms with Crippen molar-refractivity contribution in [3.05, 3.63) is 59.2 Å². The third kappa shape index (κ3) is 6.66. The second kappa shape index (κ2) is 11.9. The number of nitrogens with one attached hydrogen (secondary N) is 6. The van der Waals surface area contributed by atoms with Gasteiger partial charge >= 0.3 is 0 Å². The molecule has 38 heavy (non-hydrogen) atoms. The van der Waals surface area contributed by atoms with E-state index in [9.17, 15) is 28.8 Å². The van der Waals surface area contributed by atoms with Crippen LogP contribution in [0.3, 0.4) is 0 Å². The van der Waals surface area contributed by atoms with Crippen LogP contribution in [-0.4, -0.2) is 57.5 Å². The van der Waals surface area contributed by atoms with Gasteiger partial charge in [-0.05, 0) is 36.1 Å². The number of aromatic nitrogens is 2. The fourth-order valence-electron chi connectivity index (χ4n) is 3.40. The number of hydrogen-bond donors (Lipinski definition) is 6. The van der Waals surface area contributed by atoms with Gasteiger partial charge in [-0.25, -0.2) is 9.97 Å². The average molecular weight is 525 g/mol. The number of nitrogens with zero attached hydrogens (tertiary/aromatic N) is 2. The molecule has 6 amide bonds. The Kier molecular flexibility index (Phi) is 8.68. The van der Waals surface area contributed by atoms with E-state index in [4.69, 9.17) is 0 Å². The Bertz CT molecular complexity index is 1190. The summed E-state index contributed by atoms with van der Waals surface area (Å²) < 4.78 is 0. The molecule has 0 aromatic carbocycles. The fraction of sp³-hybridized carbons (Fsp3) is 0.333.